The second-order valence-corrected chi connectivity index (χ2v) is 10.3. The Kier molecular flexibility index (Phi) is 7.41. The maximum Gasteiger partial charge on any atom is 0.294 e. The van der Waals surface area contributed by atoms with Crippen LogP contribution in [-0.4, -0.2) is 59.7 Å². The van der Waals surface area contributed by atoms with Crippen molar-refractivity contribution in [2.45, 2.75) is 6.61 Å². The van der Waals surface area contributed by atoms with Crippen molar-refractivity contribution in [3.63, 3.8) is 0 Å². The molecule has 2 fully saturated rings. The monoisotopic (exact) mass is 566 g/mol. The Morgan fingerprint density at radius 1 is 1.06 bits per heavy atom. The summed E-state index contributed by atoms with van der Waals surface area (Å²) in [7, 11) is 0. The molecule has 0 spiro atoms. The molecule has 2 saturated heterocycles. The van der Waals surface area contributed by atoms with Crippen molar-refractivity contribution in [2.24, 2.45) is 0 Å². The number of imide groups is 1. The lowest BCUT2D eigenvalue weighted by molar-refractivity contribution is -0.139. The molecule has 7 nitrogen and oxygen atoms in total. The smallest absolute Gasteiger partial charge is 0.294 e. The highest BCUT2D eigenvalue weighted by Crippen LogP contribution is 2.35. The largest absolute Gasteiger partial charge is 0.488 e. The zero-order valence-corrected chi connectivity index (χ0v) is 21.7. The van der Waals surface area contributed by atoms with E-state index in [9.17, 15) is 14.4 Å². The summed E-state index contributed by atoms with van der Waals surface area (Å²) in [6.45, 7) is 1.90. The Balaban J connectivity index is 1.34. The topological polar surface area (TPSA) is 76.2 Å². The number of hydrogen-bond donors (Lipinski definition) is 0. The number of hydrogen-bond acceptors (Lipinski definition) is 6. The Labute approximate surface area is 221 Å². The van der Waals surface area contributed by atoms with Crippen LogP contribution < -0.4 is 4.74 Å². The first kappa shape index (κ1) is 24.5. The van der Waals surface area contributed by atoms with Gasteiger partial charge in [0.2, 0.25) is 5.91 Å². The average molecular weight is 567 g/mol. The van der Waals surface area contributed by atoms with Crippen LogP contribution >= 0.6 is 27.7 Å². The molecular formula is C27H23BrN2O5S. The number of benzene rings is 3. The van der Waals surface area contributed by atoms with E-state index in [2.05, 4.69) is 34.1 Å². The standard InChI is InChI=1S/C27H23BrN2O5S/c28-21-8-9-23(35-17-19-6-3-5-18-4-1-2-7-22(18)19)20(14-21)15-24-26(32)30(27(33)36-24)16-25(31)29-10-12-34-13-11-29/h1-9,14-15H,10-13,16-17H2/b24-15+. The van der Waals surface area contributed by atoms with E-state index in [4.69, 9.17) is 9.47 Å². The van der Waals surface area contributed by atoms with Gasteiger partial charge in [0.05, 0.1) is 18.1 Å². The van der Waals surface area contributed by atoms with Crippen molar-refractivity contribution in [3.05, 3.63) is 81.2 Å². The van der Waals surface area contributed by atoms with Gasteiger partial charge in [0, 0.05) is 23.1 Å². The molecule has 184 valence electrons. The molecule has 0 bridgehead atoms. The molecule has 2 heterocycles. The fraction of sp³-hybridized carbons (Fsp3) is 0.222. The lowest BCUT2D eigenvalue weighted by Crippen LogP contribution is -2.46. The van der Waals surface area contributed by atoms with Gasteiger partial charge in [-0.3, -0.25) is 19.3 Å². The normalized spacial score (nSPS) is 17.3. The van der Waals surface area contributed by atoms with Crippen LogP contribution in [0.1, 0.15) is 11.1 Å². The van der Waals surface area contributed by atoms with Crippen LogP contribution in [0.2, 0.25) is 0 Å². The van der Waals surface area contributed by atoms with E-state index >= 15 is 0 Å². The highest BCUT2D eigenvalue weighted by atomic mass is 79.9. The van der Waals surface area contributed by atoms with Gasteiger partial charge in [0.15, 0.2) is 0 Å². The van der Waals surface area contributed by atoms with Crippen LogP contribution in [-0.2, 0) is 20.9 Å². The van der Waals surface area contributed by atoms with Crippen LogP contribution in [0.4, 0.5) is 4.79 Å². The quantitative estimate of drug-likeness (QED) is 0.387. The van der Waals surface area contributed by atoms with E-state index < -0.39 is 11.1 Å². The van der Waals surface area contributed by atoms with Crippen molar-refractivity contribution < 1.29 is 23.9 Å². The molecule has 0 radical (unpaired) electrons. The van der Waals surface area contributed by atoms with Gasteiger partial charge in [-0.1, -0.05) is 58.4 Å². The lowest BCUT2D eigenvalue weighted by atomic mass is 10.1. The summed E-state index contributed by atoms with van der Waals surface area (Å²) in [5.74, 6) is -0.155. The fourth-order valence-corrected chi connectivity index (χ4v) is 5.37. The molecule has 0 unspecified atom stereocenters. The summed E-state index contributed by atoms with van der Waals surface area (Å²) in [5, 5.41) is 1.79. The predicted octanol–water partition coefficient (Wildman–Crippen LogP) is 5.08. The van der Waals surface area contributed by atoms with E-state index in [0.29, 0.717) is 44.2 Å². The molecule has 36 heavy (non-hydrogen) atoms. The maximum atomic E-state index is 13.0. The molecule has 9 heteroatoms. The third-order valence-corrected chi connectivity index (χ3v) is 7.45. The molecule has 3 aromatic rings. The van der Waals surface area contributed by atoms with E-state index in [0.717, 1.165) is 37.5 Å². The van der Waals surface area contributed by atoms with E-state index in [1.54, 1.807) is 11.0 Å². The average Bonchev–Trinajstić information content (AvgIpc) is 3.16. The van der Waals surface area contributed by atoms with Crippen LogP contribution in [0.15, 0.2) is 70.0 Å². The summed E-state index contributed by atoms with van der Waals surface area (Å²) in [6, 6.07) is 19.7. The first-order valence-electron chi connectivity index (χ1n) is 11.5. The Hall–Kier alpha value is -3.14. The zero-order valence-electron chi connectivity index (χ0n) is 19.3. The number of amides is 3. The zero-order chi connectivity index (χ0) is 25.1. The minimum atomic E-state index is -0.480. The molecule has 3 aromatic carbocycles. The lowest BCUT2D eigenvalue weighted by Gasteiger charge is -2.28. The highest BCUT2D eigenvalue weighted by Gasteiger charge is 2.37. The Morgan fingerprint density at radius 2 is 1.83 bits per heavy atom. The number of carbonyl (C=O) groups excluding carboxylic acids is 3. The molecule has 2 aliphatic rings. The number of carbonyl (C=O) groups is 3. The van der Waals surface area contributed by atoms with E-state index in [-0.39, 0.29) is 17.4 Å². The van der Waals surface area contributed by atoms with Crippen LogP contribution in [0.25, 0.3) is 16.8 Å². The Bertz CT molecular complexity index is 1360. The van der Waals surface area contributed by atoms with Crippen LogP contribution in [0, 0.1) is 0 Å². The second kappa shape index (κ2) is 10.9. The number of halogens is 1. The van der Waals surface area contributed by atoms with Gasteiger partial charge in [-0.2, -0.15) is 0 Å². The van der Waals surface area contributed by atoms with Gasteiger partial charge in [-0.25, -0.2) is 0 Å². The number of thioether (sulfide) groups is 1. The molecule has 5 rings (SSSR count). The third kappa shape index (κ3) is 5.33. The summed E-state index contributed by atoms with van der Waals surface area (Å²) < 4.78 is 12.3. The number of morpholine rings is 1. The minimum Gasteiger partial charge on any atom is -0.488 e. The second-order valence-electron chi connectivity index (χ2n) is 8.37. The molecule has 0 saturated carbocycles. The summed E-state index contributed by atoms with van der Waals surface area (Å²) in [6.07, 6.45) is 1.65. The molecule has 0 N–H and O–H groups in total. The molecule has 0 aliphatic carbocycles. The summed E-state index contributed by atoms with van der Waals surface area (Å²) in [4.78, 5) is 41.1. The van der Waals surface area contributed by atoms with Gasteiger partial charge < -0.3 is 14.4 Å². The van der Waals surface area contributed by atoms with E-state index in [1.165, 1.54) is 0 Å². The van der Waals surface area contributed by atoms with Crippen molar-refractivity contribution in [1.29, 1.82) is 0 Å². The third-order valence-electron chi connectivity index (χ3n) is 6.05. The van der Waals surface area contributed by atoms with Gasteiger partial charge >= 0.3 is 0 Å². The highest BCUT2D eigenvalue weighted by molar-refractivity contribution is 9.10. The first-order chi connectivity index (χ1) is 17.5. The molecule has 0 aromatic heterocycles. The molecule has 2 aliphatic heterocycles. The molecule has 0 atom stereocenters. The Morgan fingerprint density at radius 3 is 2.67 bits per heavy atom. The first-order valence-corrected chi connectivity index (χ1v) is 13.1. The SMILES string of the molecule is O=C(CN1C(=O)S/C(=C/c2cc(Br)ccc2OCc2cccc3ccccc23)C1=O)N1CCOCC1. The summed E-state index contributed by atoms with van der Waals surface area (Å²) >= 11 is 4.30. The number of ether oxygens (including phenoxy) is 2. The number of fused-ring (bicyclic) bond motifs is 1. The fourth-order valence-electron chi connectivity index (χ4n) is 4.16. The molecule has 3 amide bonds. The molecular weight excluding hydrogens is 544 g/mol. The van der Waals surface area contributed by atoms with Gasteiger partial charge in [0.1, 0.15) is 18.9 Å². The van der Waals surface area contributed by atoms with E-state index in [1.807, 2.05) is 42.5 Å². The van der Waals surface area contributed by atoms with Crippen LogP contribution in [0.3, 0.4) is 0 Å². The number of rotatable bonds is 6. The van der Waals surface area contributed by atoms with Crippen molar-refractivity contribution in [1.82, 2.24) is 9.80 Å². The minimum absolute atomic E-state index is 0.253. The maximum absolute atomic E-state index is 13.0. The predicted molar refractivity (Wildman–Crippen MR) is 142 cm³/mol. The van der Waals surface area contributed by atoms with Gasteiger partial charge in [0.25, 0.3) is 11.1 Å². The van der Waals surface area contributed by atoms with Crippen molar-refractivity contribution in [2.75, 3.05) is 32.8 Å². The number of nitrogens with zero attached hydrogens (tertiary/aromatic N) is 2. The van der Waals surface area contributed by atoms with Crippen molar-refractivity contribution in [3.8, 4) is 5.75 Å². The van der Waals surface area contributed by atoms with Crippen molar-refractivity contribution >= 4 is 61.6 Å². The van der Waals surface area contributed by atoms with Gasteiger partial charge in [-0.05, 0) is 52.4 Å². The van der Waals surface area contributed by atoms with Gasteiger partial charge in [-0.15, -0.1) is 0 Å². The van der Waals surface area contributed by atoms with Crippen LogP contribution in [0.5, 0.6) is 5.75 Å². The summed E-state index contributed by atoms with van der Waals surface area (Å²) in [5.41, 5.74) is 1.71.